The van der Waals surface area contributed by atoms with Gasteiger partial charge >= 0.3 is 0 Å². The summed E-state index contributed by atoms with van der Waals surface area (Å²) in [6.45, 7) is 6.06. The maximum Gasteiger partial charge on any atom is 0.191 e. The topological polar surface area (TPSA) is 70.6 Å². The fraction of sp³-hybridized carbons (Fsp3) is 0.632. The lowest BCUT2D eigenvalue weighted by Crippen LogP contribution is -2.37. The Hall–Kier alpha value is -1.56. The van der Waals surface area contributed by atoms with Crippen molar-refractivity contribution in [2.75, 3.05) is 19.8 Å². The van der Waals surface area contributed by atoms with Crippen LogP contribution in [0.5, 0.6) is 0 Å². The number of guanidine groups is 1. The number of hydrogen-bond acceptors (Lipinski definition) is 3. The Balaban J connectivity index is 2.26. The van der Waals surface area contributed by atoms with Crippen LogP contribution in [0.4, 0.5) is 0 Å². The highest BCUT2D eigenvalue weighted by atomic mass is 32.2. The molecule has 0 aromatic heterocycles. The molecule has 0 radical (unpaired) electrons. The van der Waals surface area contributed by atoms with Crippen molar-refractivity contribution in [3.8, 4) is 0 Å². The van der Waals surface area contributed by atoms with Crippen LogP contribution >= 0.6 is 0 Å². The van der Waals surface area contributed by atoms with Crippen molar-refractivity contribution in [3.63, 3.8) is 0 Å². The molecule has 1 aromatic carbocycles. The molecular weight excluding hydrogens is 334 g/mol. The monoisotopic (exact) mass is 367 g/mol. The summed E-state index contributed by atoms with van der Waals surface area (Å²) in [5.41, 5.74) is 1.02. The largest absolute Gasteiger partial charge is 0.356 e. The van der Waals surface area contributed by atoms with Gasteiger partial charge < -0.3 is 10.6 Å². The molecule has 25 heavy (non-hydrogen) atoms. The Kier molecular flexibility index (Phi) is 9.57. The SMILES string of the molecule is CN=C(NCCCCCCC(C)C)NCc1ccc(S(C)(=O)=O)cc1. The van der Waals surface area contributed by atoms with E-state index in [4.69, 9.17) is 0 Å². The highest BCUT2D eigenvalue weighted by molar-refractivity contribution is 7.90. The summed E-state index contributed by atoms with van der Waals surface area (Å²) in [4.78, 5) is 4.56. The Bertz CT molecular complexity index is 623. The Morgan fingerprint density at radius 1 is 1.04 bits per heavy atom. The molecule has 0 spiro atoms. The van der Waals surface area contributed by atoms with Crippen LogP contribution in [0.1, 0.15) is 51.5 Å². The maximum atomic E-state index is 11.5. The zero-order chi connectivity index (χ0) is 18.7. The van der Waals surface area contributed by atoms with Gasteiger partial charge in [-0.15, -0.1) is 0 Å². The van der Waals surface area contributed by atoms with Crippen molar-refractivity contribution in [3.05, 3.63) is 29.8 Å². The highest BCUT2D eigenvalue weighted by Gasteiger charge is 2.06. The molecule has 0 aliphatic carbocycles. The van der Waals surface area contributed by atoms with Crippen molar-refractivity contribution in [1.29, 1.82) is 0 Å². The smallest absolute Gasteiger partial charge is 0.191 e. The van der Waals surface area contributed by atoms with Crippen LogP contribution in [0.2, 0.25) is 0 Å². The summed E-state index contributed by atoms with van der Waals surface area (Å²) < 4.78 is 22.9. The number of nitrogens with zero attached hydrogens (tertiary/aromatic N) is 1. The molecule has 0 aliphatic heterocycles. The molecule has 6 heteroatoms. The Labute approximate surface area is 153 Å². The van der Waals surface area contributed by atoms with Crippen LogP contribution < -0.4 is 10.6 Å². The quantitative estimate of drug-likeness (QED) is 0.378. The van der Waals surface area contributed by atoms with E-state index in [1.165, 1.54) is 31.9 Å². The molecule has 1 aromatic rings. The lowest BCUT2D eigenvalue weighted by atomic mass is 10.0. The van der Waals surface area contributed by atoms with Crippen molar-refractivity contribution < 1.29 is 8.42 Å². The van der Waals surface area contributed by atoms with Crippen LogP contribution in [0, 0.1) is 5.92 Å². The van der Waals surface area contributed by atoms with E-state index in [2.05, 4.69) is 29.5 Å². The molecule has 5 nitrogen and oxygen atoms in total. The van der Waals surface area contributed by atoms with Gasteiger partial charge in [0.15, 0.2) is 15.8 Å². The maximum absolute atomic E-state index is 11.5. The molecule has 0 fully saturated rings. The number of benzene rings is 1. The summed E-state index contributed by atoms with van der Waals surface area (Å²) in [6.07, 6.45) is 7.52. The van der Waals surface area contributed by atoms with Gasteiger partial charge in [0.05, 0.1) is 4.90 Å². The minimum Gasteiger partial charge on any atom is -0.356 e. The first kappa shape index (κ1) is 21.5. The number of rotatable bonds is 10. The van der Waals surface area contributed by atoms with Gasteiger partial charge in [0, 0.05) is 26.4 Å². The number of aliphatic imine (C=N–C) groups is 1. The first-order chi connectivity index (χ1) is 11.8. The molecule has 0 amide bonds. The van der Waals surface area contributed by atoms with E-state index in [9.17, 15) is 8.42 Å². The van der Waals surface area contributed by atoms with Crippen LogP contribution in [0.25, 0.3) is 0 Å². The zero-order valence-corrected chi connectivity index (χ0v) is 16.8. The lowest BCUT2D eigenvalue weighted by Gasteiger charge is -2.12. The number of sulfone groups is 1. The molecule has 0 bridgehead atoms. The third-order valence-corrected chi connectivity index (χ3v) is 5.16. The molecule has 0 aliphatic rings. The first-order valence-corrected chi connectivity index (χ1v) is 11.0. The average Bonchev–Trinajstić information content (AvgIpc) is 2.56. The van der Waals surface area contributed by atoms with Gasteiger partial charge in [-0.05, 0) is 30.0 Å². The molecule has 0 saturated heterocycles. The summed E-state index contributed by atoms with van der Waals surface area (Å²) in [7, 11) is -1.38. The second-order valence-electron chi connectivity index (χ2n) is 6.87. The van der Waals surface area contributed by atoms with Gasteiger partial charge in [0.2, 0.25) is 0 Å². The number of nitrogens with one attached hydrogen (secondary N) is 2. The van der Waals surface area contributed by atoms with E-state index in [1.807, 2.05) is 12.1 Å². The van der Waals surface area contributed by atoms with Crippen molar-refractivity contribution in [2.24, 2.45) is 10.9 Å². The van der Waals surface area contributed by atoms with Crippen LogP contribution in [-0.2, 0) is 16.4 Å². The van der Waals surface area contributed by atoms with Gasteiger partial charge in [0.1, 0.15) is 0 Å². The van der Waals surface area contributed by atoms with E-state index in [-0.39, 0.29) is 0 Å². The van der Waals surface area contributed by atoms with Crippen molar-refractivity contribution in [2.45, 2.75) is 57.4 Å². The van der Waals surface area contributed by atoms with Gasteiger partial charge in [-0.3, -0.25) is 4.99 Å². The normalized spacial score (nSPS) is 12.4. The summed E-state index contributed by atoms with van der Waals surface area (Å²) >= 11 is 0. The van der Waals surface area contributed by atoms with Crippen molar-refractivity contribution >= 4 is 15.8 Å². The minimum atomic E-state index is -3.14. The Morgan fingerprint density at radius 2 is 1.68 bits per heavy atom. The van der Waals surface area contributed by atoms with Crippen LogP contribution in [0.15, 0.2) is 34.2 Å². The summed E-state index contributed by atoms with van der Waals surface area (Å²) in [5.74, 6) is 1.57. The lowest BCUT2D eigenvalue weighted by molar-refractivity contribution is 0.518. The highest BCUT2D eigenvalue weighted by Crippen LogP contribution is 2.10. The molecular formula is C19H33N3O2S. The molecule has 0 heterocycles. The van der Waals surface area contributed by atoms with E-state index >= 15 is 0 Å². The van der Waals surface area contributed by atoms with Gasteiger partial charge in [0.25, 0.3) is 0 Å². The van der Waals surface area contributed by atoms with Crippen LogP contribution in [-0.4, -0.2) is 34.2 Å². The van der Waals surface area contributed by atoms with Gasteiger partial charge in [-0.25, -0.2) is 8.42 Å². The molecule has 0 atom stereocenters. The van der Waals surface area contributed by atoms with Crippen LogP contribution in [0.3, 0.4) is 0 Å². The van der Waals surface area contributed by atoms with Crippen molar-refractivity contribution in [1.82, 2.24) is 10.6 Å². The van der Waals surface area contributed by atoms with Gasteiger partial charge in [-0.1, -0.05) is 51.7 Å². The predicted octanol–water partition coefficient (Wildman–Crippen LogP) is 3.36. The second kappa shape index (κ2) is 11.1. The molecule has 1 rings (SSSR count). The summed E-state index contributed by atoms with van der Waals surface area (Å²) in [6, 6.07) is 6.93. The molecule has 0 saturated carbocycles. The van der Waals surface area contributed by atoms with E-state index in [0.29, 0.717) is 11.4 Å². The molecule has 142 valence electrons. The predicted molar refractivity (Wildman–Crippen MR) is 106 cm³/mol. The average molecular weight is 368 g/mol. The third kappa shape index (κ3) is 9.48. The zero-order valence-electron chi connectivity index (χ0n) is 16.0. The standard InChI is InChI=1S/C19H33N3O2S/c1-16(2)9-7-5-6-8-14-21-19(20-3)22-15-17-10-12-18(13-11-17)25(4,23)24/h10-13,16H,5-9,14-15H2,1-4H3,(H2,20,21,22). The second-order valence-corrected chi connectivity index (χ2v) is 8.88. The molecule has 0 unspecified atom stereocenters. The first-order valence-electron chi connectivity index (χ1n) is 9.06. The third-order valence-electron chi connectivity index (χ3n) is 4.04. The number of hydrogen-bond donors (Lipinski definition) is 2. The molecule has 2 N–H and O–H groups in total. The fourth-order valence-electron chi connectivity index (χ4n) is 2.50. The van der Waals surface area contributed by atoms with E-state index in [0.717, 1.165) is 30.4 Å². The van der Waals surface area contributed by atoms with E-state index < -0.39 is 9.84 Å². The summed E-state index contributed by atoms with van der Waals surface area (Å²) in [5, 5.41) is 6.57. The number of unbranched alkanes of at least 4 members (excludes halogenated alkanes) is 3. The van der Waals surface area contributed by atoms with E-state index in [1.54, 1.807) is 19.2 Å². The Morgan fingerprint density at radius 3 is 2.24 bits per heavy atom. The minimum absolute atomic E-state index is 0.344. The van der Waals surface area contributed by atoms with Gasteiger partial charge in [-0.2, -0.15) is 0 Å². The fourth-order valence-corrected chi connectivity index (χ4v) is 3.13.